The lowest BCUT2D eigenvalue weighted by Crippen LogP contribution is -2.27. The topological polar surface area (TPSA) is 58.0 Å². The van der Waals surface area contributed by atoms with E-state index in [1.807, 2.05) is 12.1 Å². The largest absolute Gasteiger partial charge is 0.396 e. The minimum Gasteiger partial charge on any atom is -0.396 e. The minimum absolute atomic E-state index is 0.178. The average molecular weight is 324 g/mol. The Kier molecular flexibility index (Phi) is 4.71. The first-order valence-electron chi connectivity index (χ1n) is 6.39. The molecule has 2 heterocycles. The summed E-state index contributed by atoms with van der Waals surface area (Å²) >= 11 is 3.40. The van der Waals surface area contributed by atoms with E-state index >= 15 is 0 Å². The predicted octanol–water partition coefficient (Wildman–Crippen LogP) is 3.21. The van der Waals surface area contributed by atoms with E-state index in [1.54, 1.807) is 12.4 Å². The zero-order valence-corrected chi connectivity index (χ0v) is 12.7. The van der Waals surface area contributed by atoms with Crippen LogP contribution in [-0.4, -0.2) is 27.7 Å². The Morgan fingerprint density at radius 2 is 2.16 bits per heavy atom. The molecule has 2 aromatic heterocycles. The molecule has 0 spiro atoms. The number of nitrogens with one attached hydrogen (secondary N) is 1. The lowest BCUT2D eigenvalue weighted by molar-refractivity contribution is 0.267. The van der Waals surface area contributed by atoms with Crippen LogP contribution in [0.25, 0.3) is 11.0 Å². The molecule has 0 amide bonds. The number of aromatic nitrogens is 2. The third-order valence-corrected chi connectivity index (χ3v) is 3.56. The fourth-order valence-corrected chi connectivity index (χ4v) is 2.35. The van der Waals surface area contributed by atoms with Crippen LogP contribution < -0.4 is 5.32 Å². The van der Waals surface area contributed by atoms with E-state index in [0.29, 0.717) is 5.92 Å². The lowest BCUT2D eigenvalue weighted by Gasteiger charge is -2.23. The highest BCUT2D eigenvalue weighted by Crippen LogP contribution is 2.24. The van der Waals surface area contributed by atoms with E-state index in [9.17, 15) is 0 Å². The van der Waals surface area contributed by atoms with Gasteiger partial charge in [-0.2, -0.15) is 0 Å². The molecular formula is C14H18BrN3O. The third-order valence-electron chi connectivity index (χ3n) is 3.13. The van der Waals surface area contributed by atoms with Gasteiger partial charge in [0.05, 0.1) is 11.2 Å². The molecular weight excluding hydrogens is 306 g/mol. The standard InChI is InChI=1S/C14H18BrN3O/c1-9(2)11(4-6-19)18-12-3-5-16-13-7-10(15)8-17-14(12)13/h3,5,7-9,11,19H,4,6H2,1-2H3,(H,16,18). The van der Waals surface area contributed by atoms with Gasteiger partial charge in [0.1, 0.15) is 5.52 Å². The smallest absolute Gasteiger partial charge is 0.112 e. The number of aliphatic hydroxyl groups excluding tert-OH is 1. The SMILES string of the molecule is CC(C)C(CCO)Nc1ccnc2cc(Br)cnc12. The molecule has 0 bridgehead atoms. The Balaban J connectivity index is 2.34. The second kappa shape index (κ2) is 6.30. The van der Waals surface area contributed by atoms with Gasteiger partial charge in [0.2, 0.25) is 0 Å². The Labute approximate surface area is 121 Å². The second-order valence-corrected chi connectivity index (χ2v) is 5.80. The van der Waals surface area contributed by atoms with Gasteiger partial charge in [0.15, 0.2) is 0 Å². The normalized spacial score (nSPS) is 12.9. The molecule has 0 radical (unpaired) electrons. The molecule has 2 aromatic rings. The summed E-state index contributed by atoms with van der Waals surface area (Å²) in [4.78, 5) is 8.74. The molecule has 2 rings (SSSR count). The number of hydrogen-bond donors (Lipinski definition) is 2. The first-order chi connectivity index (χ1) is 9.11. The van der Waals surface area contributed by atoms with Gasteiger partial charge < -0.3 is 10.4 Å². The van der Waals surface area contributed by atoms with Crippen molar-refractivity contribution < 1.29 is 5.11 Å². The van der Waals surface area contributed by atoms with Crippen molar-refractivity contribution in [2.45, 2.75) is 26.3 Å². The quantitative estimate of drug-likeness (QED) is 0.887. The highest BCUT2D eigenvalue weighted by atomic mass is 79.9. The van der Waals surface area contributed by atoms with Crippen LogP contribution in [0.1, 0.15) is 20.3 Å². The summed E-state index contributed by atoms with van der Waals surface area (Å²) in [6.07, 6.45) is 4.26. The van der Waals surface area contributed by atoms with Crippen molar-refractivity contribution in [2.24, 2.45) is 5.92 Å². The molecule has 0 saturated heterocycles. The van der Waals surface area contributed by atoms with Gasteiger partial charge in [-0.15, -0.1) is 0 Å². The first kappa shape index (κ1) is 14.2. The molecule has 0 saturated carbocycles. The van der Waals surface area contributed by atoms with Crippen LogP contribution in [0.15, 0.2) is 29.0 Å². The molecule has 2 N–H and O–H groups in total. The molecule has 5 heteroatoms. The molecule has 0 aliphatic carbocycles. The molecule has 0 fully saturated rings. The maximum Gasteiger partial charge on any atom is 0.112 e. The first-order valence-corrected chi connectivity index (χ1v) is 7.18. The number of pyridine rings is 2. The van der Waals surface area contributed by atoms with E-state index in [2.05, 4.69) is 45.1 Å². The Morgan fingerprint density at radius 1 is 1.37 bits per heavy atom. The number of rotatable bonds is 5. The van der Waals surface area contributed by atoms with Crippen molar-refractivity contribution in [3.8, 4) is 0 Å². The predicted molar refractivity (Wildman–Crippen MR) is 81.2 cm³/mol. The highest BCUT2D eigenvalue weighted by molar-refractivity contribution is 9.10. The zero-order valence-electron chi connectivity index (χ0n) is 11.1. The average Bonchev–Trinajstić information content (AvgIpc) is 2.37. The van der Waals surface area contributed by atoms with Crippen molar-refractivity contribution in [2.75, 3.05) is 11.9 Å². The van der Waals surface area contributed by atoms with E-state index in [4.69, 9.17) is 5.11 Å². The summed E-state index contributed by atoms with van der Waals surface area (Å²) < 4.78 is 0.917. The number of aliphatic hydroxyl groups is 1. The van der Waals surface area contributed by atoms with E-state index in [0.717, 1.165) is 27.6 Å². The van der Waals surface area contributed by atoms with Gasteiger partial charge in [0.25, 0.3) is 0 Å². The molecule has 0 aromatic carbocycles. The maximum atomic E-state index is 9.14. The van der Waals surface area contributed by atoms with Crippen LogP contribution in [0.5, 0.6) is 0 Å². The van der Waals surface area contributed by atoms with E-state index < -0.39 is 0 Å². The zero-order chi connectivity index (χ0) is 13.8. The van der Waals surface area contributed by atoms with Gasteiger partial charge in [-0.05, 0) is 40.4 Å². The van der Waals surface area contributed by atoms with Crippen LogP contribution >= 0.6 is 15.9 Å². The van der Waals surface area contributed by atoms with Gasteiger partial charge >= 0.3 is 0 Å². The Hall–Kier alpha value is -1.20. The van der Waals surface area contributed by atoms with Crippen molar-refractivity contribution in [1.82, 2.24) is 9.97 Å². The van der Waals surface area contributed by atoms with Crippen LogP contribution in [0.4, 0.5) is 5.69 Å². The molecule has 0 aliphatic heterocycles. The number of hydrogen-bond acceptors (Lipinski definition) is 4. The minimum atomic E-state index is 0.178. The number of anilines is 1. The fourth-order valence-electron chi connectivity index (χ4n) is 2.03. The Bertz CT molecular complexity index is 559. The number of halogens is 1. The molecule has 4 nitrogen and oxygen atoms in total. The van der Waals surface area contributed by atoms with Crippen LogP contribution in [0.2, 0.25) is 0 Å². The van der Waals surface area contributed by atoms with Gasteiger partial charge in [-0.1, -0.05) is 13.8 Å². The molecule has 1 atom stereocenters. The van der Waals surface area contributed by atoms with Gasteiger partial charge in [0, 0.05) is 29.5 Å². The second-order valence-electron chi connectivity index (χ2n) is 4.89. The summed E-state index contributed by atoms with van der Waals surface area (Å²) in [6, 6.07) is 4.10. The lowest BCUT2D eigenvalue weighted by atomic mass is 10.0. The van der Waals surface area contributed by atoms with Gasteiger partial charge in [-0.25, -0.2) is 0 Å². The molecule has 102 valence electrons. The van der Waals surface area contributed by atoms with Crippen LogP contribution in [0.3, 0.4) is 0 Å². The molecule has 19 heavy (non-hydrogen) atoms. The Morgan fingerprint density at radius 3 is 2.84 bits per heavy atom. The van der Waals surface area contributed by atoms with E-state index in [1.165, 1.54) is 0 Å². The summed E-state index contributed by atoms with van der Waals surface area (Å²) in [5.41, 5.74) is 2.67. The summed E-state index contributed by atoms with van der Waals surface area (Å²) in [5.74, 6) is 0.436. The summed E-state index contributed by atoms with van der Waals surface area (Å²) in [6.45, 7) is 4.46. The van der Waals surface area contributed by atoms with Gasteiger partial charge in [-0.3, -0.25) is 9.97 Å². The maximum absolute atomic E-state index is 9.14. The number of nitrogens with zero attached hydrogens (tertiary/aromatic N) is 2. The monoisotopic (exact) mass is 323 g/mol. The number of fused-ring (bicyclic) bond motifs is 1. The molecule has 0 aliphatic rings. The van der Waals surface area contributed by atoms with Crippen LogP contribution in [-0.2, 0) is 0 Å². The summed E-state index contributed by atoms with van der Waals surface area (Å²) in [5, 5.41) is 12.6. The van der Waals surface area contributed by atoms with Crippen LogP contribution in [0, 0.1) is 5.92 Å². The fraction of sp³-hybridized carbons (Fsp3) is 0.429. The van der Waals surface area contributed by atoms with Crippen molar-refractivity contribution in [3.63, 3.8) is 0 Å². The van der Waals surface area contributed by atoms with Crippen molar-refractivity contribution in [3.05, 3.63) is 29.0 Å². The third kappa shape index (κ3) is 3.42. The highest BCUT2D eigenvalue weighted by Gasteiger charge is 2.14. The van der Waals surface area contributed by atoms with Crippen molar-refractivity contribution in [1.29, 1.82) is 0 Å². The van der Waals surface area contributed by atoms with Crippen molar-refractivity contribution >= 4 is 32.7 Å². The summed E-state index contributed by atoms with van der Waals surface area (Å²) in [7, 11) is 0. The molecule has 1 unspecified atom stereocenters. The van der Waals surface area contributed by atoms with E-state index in [-0.39, 0.29) is 12.6 Å².